The Labute approximate surface area is 211 Å². The van der Waals surface area contributed by atoms with Crippen molar-refractivity contribution >= 4 is 23.5 Å². The van der Waals surface area contributed by atoms with Crippen molar-refractivity contribution in [3.63, 3.8) is 0 Å². The predicted molar refractivity (Wildman–Crippen MR) is 134 cm³/mol. The number of benzene rings is 2. The zero-order chi connectivity index (χ0) is 25.4. The molecule has 1 aliphatic carbocycles. The number of carbonyl (C=O) groups excluding carboxylic acids is 1. The van der Waals surface area contributed by atoms with E-state index in [4.69, 9.17) is 25.8 Å². The molecule has 3 rings (SSSR count). The van der Waals surface area contributed by atoms with E-state index in [1.54, 1.807) is 38.1 Å². The molecular weight excluding hydrogens is 470 g/mol. The molecule has 35 heavy (non-hydrogen) atoms. The first-order valence-corrected chi connectivity index (χ1v) is 12.5. The first-order chi connectivity index (χ1) is 16.8. The fourth-order valence-corrected chi connectivity index (χ4v) is 4.41. The van der Waals surface area contributed by atoms with E-state index >= 15 is 0 Å². The van der Waals surface area contributed by atoms with Gasteiger partial charge in [0.1, 0.15) is 11.5 Å². The van der Waals surface area contributed by atoms with Crippen LogP contribution >= 0.6 is 11.6 Å². The van der Waals surface area contributed by atoms with Crippen LogP contribution in [-0.4, -0.2) is 41.9 Å². The number of hydrogen-bond donors (Lipinski definition) is 2. The average molecular weight is 504 g/mol. The van der Waals surface area contributed by atoms with E-state index in [1.165, 1.54) is 12.8 Å². The lowest BCUT2D eigenvalue weighted by Crippen LogP contribution is -2.29. The van der Waals surface area contributed by atoms with E-state index in [2.05, 4.69) is 5.32 Å². The van der Waals surface area contributed by atoms with Crippen LogP contribution in [0.25, 0.3) is 0 Å². The monoisotopic (exact) mass is 503 g/mol. The van der Waals surface area contributed by atoms with Crippen molar-refractivity contribution in [1.82, 2.24) is 5.32 Å². The van der Waals surface area contributed by atoms with E-state index in [9.17, 15) is 14.7 Å². The number of nitrogens with one attached hydrogen (secondary N) is 1. The molecule has 0 heterocycles. The SMILES string of the molecule is CCOc1ccc(CC(OC(C)C)C(=O)O)cc1CNC(=O)c1ccc(OC2CCCC2)cc1Cl. The van der Waals surface area contributed by atoms with Crippen LogP contribution in [-0.2, 0) is 22.5 Å². The van der Waals surface area contributed by atoms with Crippen LogP contribution in [0.3, 0.4) is 0 Å². The van der Waals surface area contributed by atoms with Crippen molar-refractivity contribution in [1.29, 1.82) is 0 Å². The molecular formula is C27H34ClNO6. The molecule has 1 amide bonds. The van der Waals surface area contributed by atoms with Gasteiger partial charge in [-0.2, -0.15) is 0 Å². The number of aliphatic carboxylic acids is 1. The summed E-state index contributed by atoms with van der Waals surface area (Å²) >= 11 is 6.39. The van der Waals surface area contributed by atoms with Crippen molar-refractivity contribution in [2.75, 3.05) is 6.61 Å². The Bertz CT molecular complexity index is 1020. The fourth-order valence-electron chi connectivity index (χ4n) is 4.15. The van der Waals surface area contributed by atoms with Crippen LogP contribution in [0.4, 0.5) is 0 Å². The number of hydrogen-bond acceptors (Lipinski definition) is 5. The lowest BCUT2D eigenvalue weighted by atomic mass is 10.0. The summed E-state index contributed by atoms with van der Waals surface area (Å²) in [5.41, 5.74) is 1.87. The van der Waals surface area contributed by atoms with Crippen LogP contribution in [0.1, 0.15) is 67.9 Å². The van der Waals surface area contributed by atoms with Crippen LogP contribution in [0.2, 0.25) is 5.02 Å². The topological polar surface area (TPSA) is 94.1 Å². The Balaban J connectivity index is 1.69. The van der Waals surface area contributed by atoms with Crippen molar-refractivity contribution in [2.24, 2.45) is 0 Å². The lowest BCUT2D eigenvalue weighted by Gasteiger charge is -2.18. The van der Waals surface area contributed by atoms with Gasteiger partial charge in [-0.05, 0) is 76.3 Å². The highest BCUT2D eigenvalue weighted by atomic mass is 35.5. The third-order valence-corrected chi connectivity index (χ3v) is 6.10. The molecule has 1 aliphatic rings. The summed E-state index contributed by atoms with van der Waals surface area (Å²) in [6, 6.07) is 10.6. The number of halogens is 1. The number of rotatable bonds is 12. The first kappa shape index (κ1) is 26.8. The molecule has 1 fully saturated rings. The minimum Gasteiger partial charge on any atom is -0.494 e. The minimum atomic E-state index is -1.02. The summed E-state index contributed by atoms with van der Waals surface area (Å²) in [4.78, 5) is 24.5. The van der Waals surface area contributed by atoms with Gasteiger partial charge in [0.05, 0.1) is 29.4 Å². The molecule has 2 aromatic carbocycles. The zero-order valence-electron chi connectivity index (χ0n) is 20.5. The highest BCUT2D eigenvalue weighted by Gasteiger charge is 2.21. The van der Waals surface area contributed by atoms with Gasteiger partial charge in [0.15, 0.2) is 6.10 Å². The second-order valence-corrected chi connectivity index (χ2v) is 9.35. The van der Waals surface area contributed by atoms with Gasteiger partial charge in [-0.3, -0.25) is 4.79 Å². The van der Waals surface area contributed by atoms with Gasteiger partial charge in [0, 0.05) is 18.5 Å². The van der Waals surface area contributed by atoms with Crippen LogP contribution in [0, 0.1) is 0 Å². The second-order valence-electron chi connectivity index (χ2n) is 8.94. The molecule has 2 aromatic rings. The fraction of sp³-hybridized carbons (Fsp3) is 0.481. The summed E-state index contributed by atoms with van der Waals surface area (Å²) in [5.74, 6) is -0.0414. The Morgan fingerprint density at radius 3 is 2.51 bits per heavy atom. The maximum absolute atomic E-state index is 12.9. The van der Waals surface area contributed by atoms with Crippen LogP contribution < -0.4 is 14.8 Å². The summed E-state index contributed by atoms with van der Waals surface area (Å²) in [6.45, 7) is 6.13. The quantitative estimate of drug-likeness (QED) is 0.402. The van der Waals surface area contributed by atoms with Gasteiger partial charge in [-0.1, -0.05) is 23.7 Å². The van der Waals surface area contributed by atoms with Gasteiger partial charge in [0.2, 0.25) is 0 Å². The Hall–Kier alpha value is -2.77. The number of carboxylic acid groups (broad SMARTS) is 1. The molecule has 8 heteroatoms. The van der Waals surface area contributed by atoms with E-state index < -0.39 is 12.1 Å². The van der Waals surface area contributed by atoms with Crippen molar-refractivity contribution in [3.8, 4) is 11.5 Å². The first-order valence-electron chi connectivity index (χ1n) is 12.1. The molecule has 1 saturated carbocycles. The smallest absolute Gasteiger partial charge is 0.333 e. The Morgan fingerprint density at radius 2 is 1.89 bits per heavy atom. The van der Waals surface area contributed by atoms with Gasteiger partial charge >= 0.3 is 5.97 Å². The van der Waals surface area contributed by atoms with E-state index in [0.717, 1.165) is 24.0 Å². The summed E-state index contributed by atoms with van der Waals surface area (Å²) in [6.07, 6.45) is 3.67. The standard InChI is InChI=1S/C27H34ClNO6/c1-4-33-24-12-9-18(14-25(27(31)32)34-17(2)3)13-19(24)16-29-26(30)22-11-10-21(15-23(22)28)35-20-7-5-6-8-20/h9-13,15,17,20,25H,4-8,14,16H2,1-3H3,(H,29,30)(H,31,32). The molecule has 0 spiro atoms. The molecule has 0 radical (unpaired) electrons. The summed E-state index contributed by atoms with van der Waals surface area (Å²) in [7, 11) is 0. The normalized spacial score (nSPS) is 14.7. The number of carbonyl (C=O) groups is 2. The number of amides is 1. The molecule has 7 nitrogen and oxygen atoms in total. The van der Waals surface area contributed by atoms with Crippen molar-refractivity contribution in [2.45, 2.75) is 77.7 Å². The second kappa shape index (κ2) is 12.8. The largest absolute Gasteiger partial charge is 0.494 e. The third-order valence-electron chi connectivity index (χ3n) is 5.79. The van der Waals surface area contributed by atoms with Crippen molar-refractivity contribution in [3.05, 3.63) is 58.1 Å². The molecule has 2 N–H and O–H groups in total. The van der Waals surface area contributed by atoms with E-state index in [1.807, 2.05) is 19.1 Å². The maximum atomic E-state index is 12.9. The van der Waals surface area contributed by atoms with Crippen LogP contribution in [0.15, 0.2) is 36.4 Å². The lowest BCUT2D eigenvalue weighted by molar-refractivity contribution is -0.153. The van der Waals surface area contributed by atoms with Gasteiger partial charge in [0.25, 0.3) is 5.91 Å². The van der Waals surface area contributed by atoms with Gasteiger partial charge < -0.3 is 24.6 Å². The highest BCUT2D eigenvalue weighted by Crippen LogP contribution is 2.28. The Kier molecular flexibility index (Phi) is 9.81. The average Bonchev–Trinajstić information content (AvgIpc) is 3.31. The van der Waals surface area contributed by atoms with Gasteiger partial charge in [-0.15, -0.1) is 0 Å². The number of carboxylic acids is 1. The summed E-state index contributed by atoms with van der Waals surface area (Å²) in [5, 5.41) is 12.7. The Morgan fingerprint density at radius 1 is 1.14 bits per heavy atom. The molecule has 190 valence electrons. The molecule has 0 saturated heterocycles. The highest BCUT2D eigenvalue weighted by molar-refractivity contribution is 6.34. The van der Waals surface area contributed by atoms with Crippen molar-refractivity contribution < 1.29 is 28.9 Å². The molecule has 0 aromatic heterocycles. The van der Waals surface area contributed by atoms with Gasteiger partial charge in [-0.25, -0.2) is 4.79 Å². The molecule has 0 bridgehead atoms. The summed E-state index contributed by atoms with van der Waals surface area (Å²) < 4.78 is 17.2. The third kappa shape index (κ3) is 7.87. The van der Waals surface area contributed by atoms with E-state index in [0.29, 0.717) is 28.7 Å². The van der Waals surface area contributed by atoms with E-state index in [-0.39, 0.29) is 31.1 Å². The predicted octanol–water partition coefficient (Wildman–Crippen LogP) is 5.41. The molecule has 1 atom stereocenters. The maximum Gasteiger partial charge on any atom is 0.333 e. The molecule has 0 aliphatic heterocycles. The molecule has 1 unspecified atom stereocenters. The number of ether oxygens (including phenoxy) is 3. The van der Waals surface area contributed by atoms with Crippen LogP contribution in [0.5, 0.6) is 11.5 Å². The minimum absolute atomic E-state index is 0.196. The zero-order valence-corrected chi connectivity index (χ0v) is 21.3.